The Labute approximate surface area is 181 Å². The molecule has 0 atom stereocenters. The van der Waals surface area contributed by atoms with Crippen molar-refractivity contribution >= 4 is 17.1 Å². The molecule has 162 valence electrons. The predicted octanol–water partition coefficient (Wildman–Crippen LogP) is 5.96. The fraction of sp³-hybridized carbons (Fsp3) is 0.0833. The number of aryl methyl sites for hydroxylation is 1. The van der Waals surface area contributed by atoms with E-state index in [1.54, 1.807) is 31.2 Å². The molecule has 3 aromatic carbocycles. The van der Waals surface area contributed by atoms with E-state index in [0.29, 0.717) is 11.3 Å². The minimum atomic E-state index is -1.15. The molecule has 0 aliphatic rings. The van der Waals surface area contributed by atoms with Crippen molar-refractivity contribution in [2.24, 2.45) is 0 Å². The molecule has 0 saturated heterocycles. The summed E-state index contributed by atoms with van der Waals surface area (Å²) in [6, 6.07) is 16.6. The monoisotopic (exact) mass is 439 g/mol. The average molecular weight is 439 g/mol. The summed E-state index contributed by atoms with van der Waals surface area (Å²) in [4.78, 5) is 14.4. The minimum absolute atomic E-state index is 0.0118. The zero-order valence-corrected chi connectivity index (χ0v) is 16.9. The normalized spacial score (nSPS) is 10.9. The molecule has 0 aliphatic carbocycles. The predicted molar refractivity (Wildman–Crippen MR) is 114 cm³/mol. The molecule has 8 heteroatoms. The van der Waals surface area contributed by atoms with Gasteiger partial charge in [-0.1, -0.05) is 30.3 Å². The third-order valence-corrected chi connectivity index (χ3v) is 4.89. The Morgan fingerprint density at radius 3 is 1.84 bits per heavy atom. The maximum absolute atomic E-state index is 14.1. The summed E-state index contributed by atoms with van der Waals surface area (Å²) in [7, 11) is 0. The zero-order valence-electron chi connectivity index (χ0n) is 16.9. The van der Waals surface area contributed by atoms with Gasteiger partial charge in [0.15, 0.2) is 23.3 Å². The second-order valence-electron chi connectivity index (χ2n) is 6.93. The molecule has 0 N–H and O–H groups in total. The zero-order chi connectivity index (χ0) is 22.8. The first-order valence-corrected chi connectivity index (χ1v) is 9.77. The first kappa shape index (κ1) is 21.3. The van der Waals surface area contributed by atoms with Crippen LogP contribution in [-0.4, -0.2) is 9.78 Å². The Kier molecular flexibility index (Phi) is 5.77. The van der Waals surface area contributed by atoms with Gasteiger partial charge in [0.2, 0.25) is 0 Å². The number of aromatic nitrogens is 2. The Morgan fingerprint density at radius 1 is 0.781 bits per heavy atom. The highest BCUT2D eigenvalue weighted by atomic mass is 19.2. The number of hydrogen-bond acceptors (Lipinski definition) is 3. The summed E-state index contributed by atoms with van der Waals surface area (Å²) in [5.74, 6) is -4.46. The fourth-order valence-corrected chi connectivity index (χ4v) is 3.33. The topological polar surface area (TPSA) is 38.1 Å². The van der Waals surface area contributed by atoms with Crippen LogP contribution in [0.2, 0.25) is 0 Å². The lowest BCUT2D eigenvalue weighted by atomic mass is 10.1. The summed E-state index contributed by atoms with van der Waals surface area (Å²) in [6.07, 6.45) is 0. The van der Waals surface area contributed by atoms with Gasteiger partial charge in [0.05, 0.1) is 5.69 Å². The van der Waals surface area contributed by atoms with E-state index in [1.807, 2.05) is 6.07 Å². The summed E-state index contributed by atoms with van der Waals surface area (Å²) in [6.45, 7) is 1.96. The van der Waals surface area contributed by atoms with Crippen LogP contribution in [0.1, 0.15) is 6.92 Å². The summed E-state index contributed by atoms with van der Waals surface area (Å²) < 4.78 is 56.5. The van der Waals surface area contributed by atoms with E-state index in [2.05, 4.69) is 5.10 Å². The van der Waals surface area contributed by atoms with E-state index >= 15 is 0 Å². The molecule has 0 radical (unpaired) electrons. The van der Waals surface area contributed by atoms with Gasteiger partial charge in [0.25, 0.3) is 5.56 Å². The van der Waals surface area contributed by atoms with Crippen LogP contribution in [0.25, 0.3) is 11.3 Å². The standard InChI is InChI=1S/C24H17F4N3O/c1-2-30-24(32)23(14-22(29-30)15-6-4-3-5-7-15)31(16-8-10-18(25)20(27)12-16)17-9-11-19(26)21(28)13-17/h3-14H,2H2,1H3. The molecule has 0 spiro atoms. The third kappa shape index (κ3) is 3.99. The van der Waals surface area contributed by atoms with E-state index in [9.17, 15) is 22.4 Å². The van der Waals surface area contributed by atoms with E-state index in [0.717, 1.165) is 24.3 Å². The molecule has 0 fully saturated rings. The second-order valence-corrected chi connectivity index (χ2v) is 6.93. The van der Waals surface area contributed by atoms with Gasteiger partial charge in [-0.25, -0.2) is 22.2 Å². The molecule has 0 aliphatic heterocycles. The Hall–Kier alpha value is -3.94. The molecule has 1 aromatic heterocycles. The highest BCUT2D eigenvalue weighted by Crippen LogP contribution is 2.35. The van der Waals surface area contributed by atoms with Gasteiger partial charge in [-0.05, 0) is 37.3 Å². The minimum Gasteiger partial charge on any atom is -0.305 e. The second kappa shape index (κ2) is 8.66. The number of nitrogens with zero attached hydrogens (tertiary/aromatic N) is 3. The lowest BCUT2D eigenvalue weighted by Crippen LogP contribution is -2.28. The van der Waals surface area contributed by atoms with Crippen molar-refractivity contribution in [2.75, 3.05) is 4.90 Å². The van der Waals surface area contributed by atoms with Gasteiger partial charge in [-0.3, -0.25) is 4.79 Å². The van der Waals surface area contributed by atoms with E-state index in [1.165, 1.54) is 27.8 Å². The van der Waals surface area contributed by atoms with Crippen LogP contribution in [-0.2, 0) is 6.54 Å². The van der Waals surface area contributed by atoms with E-state index in [-0.39, 0.29) is 23.6 Å². The number of benzene rings is 3. The van der Waals surface area contributed by atoms with Gasteiger partial charge >= 0.3 is 0 Å². The molecular formula is C24H17F4N3O. The quantitative estimate of drug-likeness (QED) is 0.361. The molecular weight excluding hydrogens is 422 g/mol. The number of hydrogen-bond donors (Lipinski definition) is 0. The molecule has 4 aromatic rings. The van der Waals surface area contributed by atoms with Crippen molar-refractivity contribution in [3.8, 4) is 11.3 Å². The Bertz CT molecular complexity index is 1290. The molecule has 4 rings (SSSR count). The molecule has 32 heavy (non-hydrogen) atoms. The van der Waals surface area contributed by atoms with Crippen molar-refractivity contribution in [2.45, 2.75) is 13.5 Å². The van der Waals surface area contributed by atoms with Crippen LogP contribution in [0.3, 0.4) is 0 Å². The van der Waals surface area contributed by atoms with Crippen molar-refractivity contribution in [1.29, 1.82) is 0 Å². The highest BCUT2D eigenvalue weighted by Gasteiger charge is 2.21. The summed E-state index contributed by atoms with van der Waals surface area (Å²) in [5.41, 5.74) is 0.739. The smallest absolute Gasteiger partial charge is 0.291 e. The molecule has 0 saturated carbocycles. The van der Waals surface area contributed by atoms with Gasteiger partial charge in [-0.2, -0.15) is 5.10 Å². The highest BCUT2D eigenvalue weighted by molar-refractivity contribution is 5.78. The van der Waals surface area contributed by atoms with Crippen LogP contribution in [0.15, 0.2) is 77.6 Å². The number of anilines is 3. The van der Waals surface area contributed by atoms with Crippen LogP contribution in [0, 0.1) is 23.3 Å². The van der Waals surface area contributed by atoms with E-state index < -0.39 is 28.8 Å². The number of rotatable bonds is 5. The molecule has 0 amide bonds. The number of halogens is 4. The van der Waals surface area contributed by atoms with Crippen molar-refractivity contribution in [3.63, 3.8) is 0 Å². The summed E-state index contributed by atoms with van der Waals surface area (Å²) in [5, 5.41) is 4.36. The maximum Gasteiger partial charge on any atom is 0.291 e. The van der Waals surface area contributed by atoms with Gasteiger partial charge in [0, 0.05) is 35.6 Å². The molecule has 0 unspecified atom stereocenters. The molecule has 4 nitrogen and oxygen atoms in total. The lowest BCUT2D eigenvalue weighted by Gasteiger charge is -2.25. The Morgan fingerprint density at radius 2 is 1.34 bits per heavy atom. The van der Waals surface area contributed by atoms with Gasteiger partial charge < -0.3 is 4.90 Å². The Balaban J connectivity index is 2.01. The van der Waals surface area contributed by atoms with E-state index in [4.69, 9.17) is 0 Å². The van der Waals surface area contributed by atoms with Crippen LogP contribution >= 0.6 is 0 Å². The van der Waals surface area contributed by atoms with Crippen LogP contribution < -0.4 is 10.5 Å². The fourth-order valence-electron chi connectivity index (χ4n) is 3.33. The van der Waals surface area contributed by atoms with Gasteiger partial charge in [0.1, 0.15) is 5.69 Å². The molecule has 1 heterocycles. The first-order valence-electron chi connectivity index (χ1n) is 9.77. The van der Waals surface area contributed by atoms with Crippen LogP contribution in [0.4, 0.5) is 34.6 Å². The van der Waals surface area contributed by atoms with Crippen LogP contribution in [0.5, 0.6) is 0 Å². The summed E-state index contributed by atoms with van der Waals surface area (Å²) >= 11 is 0. The third-order valence-electron chi connectivity index (χ3n) is 4.89. The molecule has 0 bridgehead atoms. The van der Waals surface area contributed by atoms with Crippen molar-refractivity contribution in [1.82, 2.24) is 9.78 Å². The largest absolute Gasteiger partial charge is 0.305 e. The van der Waals surface area contributed by atoms with Crippen molar-refractivity contribution in [3.05, 3.63) is 106 Å². The van der Waals surface area contributed by atoms with Gasteiger partial charge in [-0.15, -0.1) is 0 Å². The van der Waals surface area contributed by atoms with Crippen molar-refractivity contribution < 1.29 is 17.6 Å². The lowest BCUT2D eigenvalue weighted by molar-refractivity contribution is 0.508. The first-order chi connectivity index (χ1) is 15.4. The maximum atomic E-state index is 14.1. The average Bonchev–Trinajstić information content (AvgIpc) is 2.80. The SMILES string of the molecule is CCn1nc(-c2ccccc2)cc(N(c2ccc(F)c(F)c2)c2ccc(F)c(F)c2)c1=O.